The van der Waals surface area contributed by atoms with Crippen LogP contribution >= 0.6 is 0 Å². The van der Waals surface area contributed by atoms with E-state index in [0.717, 1.165) is 44.1 Å². The monoisotopic (exact) mass is 276 g/mol. The van der Waals surface area contributed by atoms with E-state index in [1.54, 1.807) is 6.33 Å². The number of hydrogen-bond donors (Lipinski definition) is 1. The second-order valence-electron chi connectivity index (χ2n) is 5.81. The zero-order valence-electron chi connectivity index (χ0n) is 12.0. The molecule has 1 aromatic rings. The maximum atomic E-state index is 9.46. The van der Waals surface area contributed by atoms with Crippen LogP contribution in [0.4, 0.5) is 11.6 Å². The summed E-state index contributed by atoms with van der Waals surface area (Å²) in [7, 11) is 0. The molecule has 0 aromatic carbocycles. The van der Waals surface area contributed by atoms with E-state index in [1.165, 1.54) is 25.7 Å². The minimum Gasteiger partial charge on any atom is -0.394 e. The molecule has 5 heteroatoms. The van der Waals surface area contributed by atoms with E-state index in [9.17, 15) is 5.11 Å². The van der Waals surface area contributed by atoms with E-state index in [-0.39, 0.29) is 12.6 Å². The van der Waals surface area contributed by atoms with E-state index in [0.29, 0.717) is 0 Å². The van der Waals surface area contributed by atoms with Gasteiger partial charge in [-0.05, 0) is 25.7 Å². The average molecular weight is 276 g/mol. The van der Waals surface area contributed by atoms with Gasteiger partial charge in [0.05, 0.1) is 12.6 Å². The Labute approximate surface area is 120 Å². The van der Waals surface area contributed by atoms with Crippen LogP contribution in [-0.2, 0) is 0 Å². The summed E-state index contributed by atoms with van der Waals surface area (Å²) in [5.74, 6) is 2.01. The van der Waals surface area contributed by atoms with Crippen molar-refractivity contribution in [1.29, 1.82) is 0 Å². The lowest BCUT2D eigenvalue weighted by Gasteiger charge is -2.26. The molecule has 0 spiro atoms. The van der Waals surface area contributed by atoms with Crippen LogP contribution in [0.1, 0.15) is 38.5 Å². The highest BCUT2D eigenvalue weighted by Gasteiger charge is 2.25. The fourth-order valence-electron chi connectivity index (χ4n) is 3.29. The lowest BCUT2D eigenvalue weighted by molar-refractivity contribution is 0.266. The fourth-order valence-corrected chi connectivity index (χ4v) is 3.29. The van der Waals surface area contributed by atoms with Crippen molar-refractivity contribution in [3.05, 3.63) is 12.4 Å². The van der Waals surface area contributed by atoms with E-state index >= 15 is 0 Å². The molecule has 0 aliphatic carbocycles. The van der Waals surface area contributed by atoms with Crippen molar-refractivity contribution >= 4 is 11.6 Å². The summed E-state index contributed by atoms with van der Waals surface area (Å²) < 4.78 is 0. The van der Waals surface area contributed by atoms with E-state index in [2.05, 4.69) is 25.8 Å². The van der Waals surface area contributed by atoms with Crippen LogP contribution in [-0.4, -0.2) is 47.4 Å². The van der Waals surface area contributed by atoms with Crippen LogP contribution in [0.3, 0.4) is 0 Å². The summed E-state index contributed by atoms with van der Waals surface area (Å²) in [6, 6.07) is 2.32. The molecule has 3 rings (SSSR count). The molecule has 1 N–H and O–H groups in total. The number of anilines is 2. The minimum atomic E-state index is 0.211. The van der Waals surface area contributed by atoms with E-state index in [4.69, 9.17) is 0 Å². The predicted molar refractivity (Wildman–Crippen MR) is 80.2 cm³/mol. The van der Waals surface area contributed by atoms with Crippen molar-refractivity contribution in [2.75, 3.05) is 36.0 Å². The lowest BCUT2D eigenvalue weighted by Crippen LogP contribution is -2.33. The zero-order chi connectivity index (χ0) is 13.8. The van der Waals surface area contributed by atoms with Gasteiger partial charge in [0.25, 0.3) is 0 Å². The molecular weight excluding hydrogens is 252 g/mol. The first-order valence-electron chi connectivity index (χ1n) is 7.83. The van der Waals surface area contributed by atoms with Gasteiger partial charge in [0.2, 0.25) is 0 Å². The van der Waals surface area contributed by atoms with Crippen LogP contribution in [0.2, 0.25) is 0 Å². The topological polar surface area (TPSA) is 52.5 Å². The van der Waals surface area contributed by atoms with Crippen molar-refractivity contribution < 1.29 is 5.11 Å². The molecule has 2 saturated heterocycles. The predicted octanol–water partition coefficient (Wildman–Crippen LogP) is 1.82. The normalized spacial score (nSPS) is 23.9. The number of aromatic nitrogens is 2. The summed E-state index contributed by atoms with van der Waals surface area (Å²) >= 11 is 0. The first kappa shape index (κ1) is 13.6. The van der Waals surface area contributed by atoms with Gasteiger partial charge in [-0.15, -0.1) is 0 Å². The van der Waals surface area contributed by atoms with E-state index < -0.39 is 0 Å². The molecule has 2 aliphatic rings. The lowest BCUT2D eigenvalue weighted by atomic mass is 10.2. The number of nitrogens with zero attached hydrogens (tertiary/aromatic N) is 4. The maximum absolute atomic E-state index is 9.46. The van der Waals surface area contributed by atoms with Crippen molar-refractivity contribution in [3.8, 4) is 0 Å². The van der Waals surface area contributed by atoms with Crippen LogP contribution in [0.15, 0.2) is 12.4 Å². The van der Waals surface area contributed by atoms with E-state index in [1.807, 2.05) is 0 Å². The Kier molecular flexibility index (Phi) is 4.35. The van der Waals surface area contributed by atoms with Crippen LogP contribution in [0, 0.1) is 0 Å². The summed E-state index contributed by atoms with van der Waals surface area (Å²) in [6.45, 7) is 3.39. The largest absolute Gasteiger partial charge is 0.394 e. The van der Waals surface area contributed by atoms with Gasteiger partial charge in [-0.1, -0.05) is 12.8 Å². The molecule has 20 heavy (non-hydrogen) atoms. The molecule has 3 heterocycles. The minimum absolute atomic E-state index is 0.211. The van der Waals surface area contributed by atoms with Gasteiger partial charge >= 0.3 is 0 Å². The van der Waals surface area contributed by atoms with Gasteiger partial charge in [0, 0.05) is 25.7 Å². The summed E-state index contributed by atoms with van der Waals surface area (Å²) in [5.41, 5.74) is 0. The third-order valence-electron chi connectivity index (χ3n) is 4.45. The third-order valence-corrected chi connectivity index (χ3v) is 4.45. The summed E-state index contributed by atoms with van der Waals surface area (Å²) in [6.07, 6.45) is 9.01. The number of hydrogen-bond acceptors (Lipinski definition) is 5. The zero-order valence-corrected chi connectivity index (χ0v) is 12.0. The van der Waals surface area contributed by atoms with Crippen LogP contribution < -0.4 is 9.80 Å². The van der Waals surface area contributed by atoms with Gasteiger partial charge in [-0.3, -0.25) is 0 Å². The van der Waals surface area contributed by atoms with Gasteiger partial charge in [0.1, 0.15) is 18.0 Å². The number of aliphatic hydroxyl groups is 1. The quantitative estimate of drug-likeness (QED) is 0.912. The first-order valence-corrected chi connectivity index (χ1v) is 7.83. The van der Waals surface area contributed by atoms with Gasteiger partial charge < -0.3 is 14.9 Å². The van der Waals surface area contributed by atoms with Crippen molar-refractivity contribution in [2.24, 2.45) is 0 Å². The molecule has 2 fully saturated rings. The maximum Gasteiger partial charge on any atom is 0.134 e. The van der Waals surface area contributed by atoms with Crippen molar-refractivity contribution in [2.45, 2.75) is 44.6 Å². The summed E-state index contributed by atoms with van der Waals surface area (Å²) in [5, 5.41) is 9.46. The van der Waals surface area contributed by atoms with Crippen LogP contribution in [0.5, 0.6) is 0 Å². The first-order chi connectivity index (χ1) is 9.88. The van der Waals surface area contributed by atoms with Crippen LogP contribution in [0.25, 0.3) is 0 Å². The SMILES string of the molecule is OC[C@H]1CCCN1c1cc(N2CCCCCC2)ncn1. The Bertz CT molecular complexity index is 432. The Hall–Kier alpha value is -1.36. The molecule has 1 atom stereocenters. The fraction of sp³-hybridized carbons (Fsp3) is 0.733. The van der Waals surface area contributed by atoms with Crippen molar-refractivity contribution in [3.63, 3.8) is 0 Å². The standard InChI is InChI=1S/C15H24N4O/c20-11-13-6-5-9-19(13)15-10-14(16-12-17-15)18-7-3-1-2-4-8-18/h10,12-13,20H,1-9,11H2/t13-/m1/s1. The number of rotatable bonds is 3. The molecule has 5 nitrogen and oxygen atoms in total. The van der Waals surface area contributed by atoms with Gasteiger partial charge in [-0.2, -0.15) is 0 Å². The molecule has 0 radical (unpaired) electrons. The summed E-state index contributed by atoms with van der Waals surface area (Å²) in [4.78, 5) is 13.5. The van der Waals surface area contributed by atoms with Gasteiger partial charge in [0.15, 0.2) is 0 Å². The van der Waals surface area contributed by atoms with Gasteiger partial charge in [-0.25, -0.2) is 9.97 Å². The highest BCUT2D eigenvalue weighted by atomic mass is 16.3. The smallest absolute Gasteiger partial charge is 0.134 e. The molecule has 0 unspecified atom stereocenters. The molecule has 0 saturated carbocycles. The second-order valence-corrected chi connectivity index (χ2v) is 5.81. The Morgan fingerprint density at radius 1 is 1.00 bits per heavy atom. The third kappa shape index (κ3) is 2.87. The second kappa shape index (κ2) is 6.39. The molecular formula is C15H24N4O. The molecule has 1 aromatic heterocycles. The highest BCUT2D eigenvalue weighted by molar-refractivity contribution is 5.51. The molecule has 110 valence electrons. The highest BCUT2D eigenvalue weighted by Crippen LogP contribution is 2.26. The number of aliphatic hydroxyl groups excluding tert-OH is 1. The Morgan fingerprint density at radius 2 is 1.75 bits per heavy atom. The Balaban J connectivity index is 1.78. The Morgan fingerprint density at radius 3 is 2.50 bits per heavy atom. The molecule has 0 bridgehead atoms. The average Bonchev–Trinajstić information content (AvgIpc) is 2.81. The van der Waals surface area contributed by atoms with Crippen molar-refractivity contribution in [1.82, 2.24) is 9.97 Å². The molecule has 2 aliphatic heterocycles. The molecule has 0 amide bonds.